The van der Waals surface area contributed by atoms with E-state index in [0.717, 1.165) is 11.0 Å². The lowest BCUT2D eigenvalue weighted by Crippen LogP contribution is -2.11. The minimum Gasteiger partial charge on any atom is -0.366 e. The second kappa shape index (κ2) is 3.30. The highest BCUT2D eigenvalue weighted by Crippen LogP contribution is 2.12. The van der Waals surface area contributed by atoms with Crippen molar-refractivity contribution in [3.05, 3.63) is 52.9 Å². The van der Waals surface area contributed by atoms with Gasteiger partial charge in [-0.3, -0.25) is 4.79 Å². The molecule has 2 aromatic heterocycles. The molecular formula is C11H8N4O. The van der Waals surface area contributed by atoms with Crippen molar-refractivity contribution in [1.82, 2.24) is 20.0 Å². The average molecular weight is 212 g/mol. The van der Waals surface area contributed by atoms with Gasteiger partial charge >= 0.3 is 0 Å². The Bertz CT molecular complexity index is 698. The lowest BCUT2D eigenvalue weighted by molar-refractivity contribution is 0.815. The van der Waals surface area contributed by atoms with Crippen molar-refractivity contribution >= 4 is 11.0 Å². The summed E-state index contributed by atoms with van der Waals surface area (Å²) in [7, 11) is 0. The van der Waals surface area contributed by atoms with Gasteiger partial charge in [0.15, 0.2) is 0 Å². The van der Waals surface area contributed by atoms with Gasteiger partial charge in [-0.1, -0.05) is 17.3 Å². The molecule has 1 N–H and O–H groups in total. The van der Waals surface area contributed by atoms with Gasteiger partial charge in [-0.2, -0.15) is 0 Å². The van der Waals surface area contributed by atoms with E-state index in [-0.39, 0.29) is 5.43 Å². The largest absolute Gasteiger partial charge is 0.366 e. The van der Waals surface area contributed by atoms with Crippen LogP contribution in [-0.4, -0.2) is 20.0 Å². The Balaban J connectivity index is 2.35. The predicted molar refractivity (Wildman–Crippen MR) is 59.5 cm³/mol. The molecule has 3 aromatic rings. The van der Waals surface area contributed by atoms with E-state index in [9.17, 15) is 4.79 Å². The minimum absolute atomic E-state index is 0.0885. The molecule has 0 radical (unpaired) electrons. The fraction of sp³-hybridized carbons (Fsp3) is 0. The molecule has 1 aromatic carbocycles. The van der Waals surface area contributed by atoms with E-state index in [1.54, 1.807) is 12.4 Å². The summed E-state index contributed by atoms with van der Waals surface area (Å²) in [5.74, 6) is 0. The summed E-state index contributed by atoms with van der Waals surface area (Å²) in [6.07, 6.45) is 3.20. The first-order chi connectivity index (χ1) is 7.86. The number of benzene rings is 1. The number of pyridine rings is 1. The molecule has 0 spiro atoms. The van der Waals surface area contributed by atoms with Crippen molar-refractivity contribution in [2.75, 3.05) is 0 Å². The first-order valence-corrected chi connectivity index (χ1v) is 4.84. The van der Waals surface area contributed by atoms with Crippen LogP contribution >= 0.6 is 0 Å². The maximum Gasteiger partial charge on any atom is 0.207 e. The summed E-state index contributed by atoms with van der Waals surface area (Å²) < 4.78 is 1.54. The van der Waals surface area contributed by atoms with Gasteiger partial charge in [0.05, 0.1) is 5.52 Å². The van der Waals surface area contributed by atoms with Crippen LogP contribution in [0.25, 0.3) is 16.7 Å². The molecule has 5 heteroatoms. The Morgan fingerprint density at radius 2 is 2.06 bits per heavy atom. The summed E-state index contributed by atoms with van der Waals surface area (Å²) in [6.45, 7) is 0. The third-order valence-corrected chi connectivity index (χ3v) is 2.38. The number of aromatic nitrogens is 4. The van der Waals surface area contributed by atoms with Crippen LogP contribution in [0.1, 0.15) is 0 Å². The zero-order chi connectivity index (χ0) is 11.0. The first kappa shape index (κ1) is 8.84. The van der Waals surface area contributed by atoms with Gasteiger partial charge in [0.2, 0.25) is 5.43 Å². The molecule has 5 nitrogen and oxygen atoms in total. The van der Waals surface area contributed by atoms with Crippen LogP contribution in [-0.2, 0) is 0 Å². The summed E-state index contributed by atoms with van der Waals surface area (Å²) >= 11 is 0. The summed E-state index contributed by atoms with van der Waals surface area (Å²) in [4.78, 5) is 14.5. The van der Waals surface area contributed by atoms with Gasteiger partial charge in [0.25, 0.3) is 0 Å². The van der Waals surface area contributed by atoms with E-state index in [2.05, 4.69) is 15.3 Å². The molecule has 0 aliphatic rings. The highest BCUT2D eigenvalue weighted by molar-refractivity contribution is 5.75. The molecule has 0 atom stereocenters. The summed E-state index contributed by atoms with van der Waals surface area (Å²) in [5, 5.41) is 7.97. The number of nitrogens with zero attached hydrogens (tertiary/aromatic N) is 3. The van der Waals surface area contributed by atoms with Crippen LogP contribution in [0.5, 0.6) is 0 Å². The quantitative estimate of drug-likeness (QED) is 0.657. The molecule has 16 heavy (non-hydrogen) atoms. The second-order valence-electron chi connectivity index (χ2n) is 3.38. The average Bonchev–Trinajstić information content (AvgIpc) is 2.74. The van der Waals surface area contributed by atoms with Crippen LogP contribution in [0.15, 0.2) is 47.5 Å². The maximum atomic E-state index is 11.7. The molecule has 0 aliphatic heterocycles. The van der Waals surface area contributed by atoms with Crippen molar-refractivity contribution in [3.63, 3.8) is 0 Å². The molecule has 2 heterocycles. The predicted octanol–water partition coefficient (Wildman–Crippen LogP) is 1.11. The molecule has 0 bridgehead atoms. The van der Waals surface area contributed by atoms with Crippen molar-refractivity contribution in [2.24, 2.45) is 0 Å². The van der Waals surface area contributed by atoms with Crippen molar-refractivity contribution in [2.45, 2.75) is 0 Å². The third-order valence-electron chi connectivity index (χ3n) is 2.38. The lowest BCUT2D eigenvalue weighted by Gasteiger charge is -1.99. The molecule has 0 fully saturated rings. The zero-order valence-electron chi connectivity index (χ0n) is 8.29. The highest BCUT2D eigenvalue weighted by Gasteiger charge is 2.07. The van der Waals surface area contributed by atoms with Crippen LogP contribution in [0.3, 0.4) is 0 Å². The smallest absolute Gasteiger partial charge is 0.207 e. The topological polar surface area (TPSA) is 63.6 Å². The number of aromatic amines is 1. The number of rotatable bonds is 1. The first-order valence-electron chi connectivity index (χ1n) is 4.84. The molecular weight excluding hydrogens is 204 g/mol. The summed E-state index contributed by atoms with van der Waals surface area (Å²) in [5.41, 5.74) is 1.97. The van der Waals surface area contributed by atoms with Crippen LogP contribution in [0.2, 0.25) is 0 Å². The van der Waals surface area contributed by atoms with Gasteiger partial charge < -0.3 is 4.98 Å². The van der Waals surface area contributed by atoms with E-state index in [1.807, 2.05) is 24.3 Å². The number of fused-ring (bicyclic) bond motifs is 1. The van der Waals surface area contributed by atoms with Crippen LogP contribution in [0, 0.1) is 0 Å². The molecule has 0 saturated carbocycles. The van der Waals surface area contributed by atoms with Gasteiger partial charge in [-0.05, 0) is 12.1 Å². The zero-order valence-corrected chi connectivity index (χ0v) is 8.29. The summed E-state index contributed by atoms with van der Waals surface area (Å²) in [6, 6.07) is 8.97. The van der Waals surface area contributed by atoms with Crippen molar-refractivity contribution in [1.29, 1.82) is 0 Å². The Morgan fingerprint density at radius 3 is 2.94 bits per heavy atom. The number of nitrogens with one attached hydrogen (secondary N) is 1. The normalized spacial score (nSPS) is 10.8. The second-order valence-corrected chi connectivity index (χ2v) is 3.38. The van der Waals surface area contributed by atoms with Gasteiger partial charge in [0, 0.05) is 18.5 Å². The van der Waals surface area contributed by atoms with Gasteiger partial charge in [-0.15, -0.1) is 5.10 Å². The number of para-hydroxylation sites is 1. The van der Waals surface area contributed by atoms with Crippen molar-refractivity contribution < 1.29 is 0 Å². The van der Waals surface area contributed by atoms with E-state index in [4.69, 9.17) is 0 Å². The SMILES string of the molecule is O=c1cc[nH]cc1-n1nnc2ccccc21. The van der Waals surface area contributed by atoms with Crippen LogP contribution in [0.4, 0.5) is 0 Å². The van der Waals surface area contributed by atoms with Gasteiger partial charge in [0.1, 0.15) is 11.2 Å². The Hall–Kier alpha value is -2.43. The minimum atomic E-state index is -0.0885. The van der Waals surface area contributed by atoms with E-state index in [0.29, 0.717) is 5.69 Å². The molecule has 0 aliphatic carbocycles. The molecule has 3 rings (SSSR count). The molecule has 0 saturated heterocycles. The third kappa shape index (κ3) is 1.22. The maximum absolute atomic E-state index is 11.7. The monoisotopic (exact) mass is 212 g/mol. The Morgan fingerprint density at radius 1 is 1.19 bits per heavy atom. The van der Waals surface area contributed by atoms with Crippen LogP contribution < -0.4 is 5.43 Å². The van der Waals surface area contributed by atoms with Gasteiger partial charge in [-0.25, -0.2) is 4.68 Å². The standard InChI is InChI=1S/C11H8N4O/c16-11-5-6-12-7-10(11)15-9-4-2-1-3-8(9)13-14-15/h1-7H,(H,12,16). The fourth-order valence-electron chi connectivity index (χ4n) is 1.62. The fourth-order valence-corrected chi connectivity index (χ4v) is 1.62. The van der Waals surface area contributed by atoms with E-state index >= 15 is 0 Å². The van der Waals surface area contributed by atoms with Crippen molar-refractivity contribution in [3.8, 4) is 5.69 Å². The Labute approximate surface area is 90.3 Å². The number of hydrogen-bond donors (Lipinski definition) is 1. The lowest BCUT2D eigenvalue weighted by atomic mass is 10.3. The number of H-pyrrole nitrogens is 1. The highest BCUT2D eigenvalue weighted by atomic mass is 16.1. The molecule has 0 amide bonds. The molecule has 78 valence electrons. The van der Waals surface area contributed by atoms with E-state index in [1.165, 1.54) is 10.7 Å². The molecule has 0 unspecified atom stereocenters. The Kier molecular flexibility index (Phi) is 1.83. The van der Waals surface area contributed by atoms with E-state index < -0.39 is 0 Å². The number of hydrogen-bond acceptors (Lipinski definition) is 3.